The second-order valence-corrected chi connectivity index (χ2v) is 6.21. The molecule has 3 aromatic rings. The normalized spacial score (nSPS) is 10.4. The summed E-state index contributed by atoms with van der Waals surface area (Å²) in [5.74, 6) is -0.806. The minimum absolute atomic E-state index is 0.0812. The van der Waals surface area contributed by atoms with E-state index in [0.717, 1.165) is 11.1 Å². The molecule has 3 rings (SSSR count). The van der Waals surface area contributed by atoms with Gasteiger partial charge < -0.3 is 10.6 Å². The molecule has 0 bridgehead atoms. The van der Waals surface area contributed by atoms with E-state index in [2.05, 4.69) is 15.7 Å². The van der Waals surface area contributed by atoms with Gasteiger partial charge in [-0.3, -0.25) is 14.3 Å². The van der Waals surface area contributed by atoms with E-state index in [9.17, 15) is 9.59 Å². The summed E-state index contributed by atoms with van der Waals surface area (Å²) < 4.78 is 1.45. The Balaban J connectivity index is 1.80. The van der Waals surface area contributed by atoms with Gasteiger partial charge in [-0.2, -0.15) is 5.10 Å². The SMILES string of the molecule is Cc1ccc(NC(=O)c2cn(C)nc2C(=O)Nc2ccc(C)cc2)cc1. The largest absolute Gasteiger partial charge is 0.322 e. The minimum atomic E-state index is -0.427. The van der Waals surface area contributed by atoms with Gasteiger partial charge in [0.1, 0.15) is 0 Å². The molecule has 6 heteroatoms. The Morgan fingerprint density at radius 2 is 1.27 bits per heavy atom. The first-order valence-corrected chi connectivity index (χ1v) is 8.22. The number of aryl methyl sites for hydroxylation is 3. The number of nitrogens with one attached hydrogen (secondary N) is 2. The number of benzene rings is 2. The van der Waals surface area contributed by atoms with Crippen LogP contribution in [-0.4, -0.2) is 21.6 Å². The average molecular weight is 348 g/mol. The van der Waals surface area contributed by atoms with Gasteiger partial charge in [0.05, 0.1) is 5.56 Å². The zero-order valence-corrected chi connectivity index (χ0v) is 14.9. The van der Waals surface area contributed by atoms with E-state index in [1.54, 1.807) is 7.05 Å². The van der Waals surface area contributed by atoms with E-state index < -0.39 is 5.91 Å². The molecule has 0 aliphatic heterocycles. The zero-order valence-electron chi connectivity index (χ0n) is 14.9. The summed E-state index contributed by atoms with van der Waals surface area (Å²) in [4.78, 5) is 25.2. The van der Waals surface area contributed by atoms with Crippen molar-refractivity contribution < 1.29 is 9.59 Å². The first-order chi connectivity index (χ1) is 12.4. The van der Waals surface area contributed by atoms with E-state index in [1.807, 2.05) is 62.4 Å². The number of carbonyl (C=O) groups is 2. The topological polar surface area (TPSA) is 76.0 Å². The maximum Gasteiger partial charge on any atom is 0.276 e. The molecule has 0 radical (unpaired) electrons. The van der Waals surface area contributed by atoms with E-state index >= 15 is 0 Å². The second-order valence-electron chi connectivity index (χ2n) is 6.21. The summed E-state index contributed by atoms with van der Waals surface area (Å²) in [6.45, 7) is 3.94. The van der Waals surface area contributed by atoms with Crippen LogP contribution in [0.15, 0.2) is 54.7 Å². The van der Waals surface area contributed by atoms with Crippen LogP contribution in [0.1, 0.15) is 32.0 Å². The maximum absolute atomic E-state index is 12.6. The summed E-state index contributed by atoms with van der Waals surface area (Å²) in [5.41, 5.74) is 3.81. The number of amides is 2. The van der Waals surface area contributed by atoms with E-state index in [0.29, 0.717) is 11.4 Å². The highest BCUT2D eigenvalue weighted by molar-refractivity contribution is 6.14. The van der Waals surface area contributed by atoms with Gasteiger partial charge in [-0.15, -0.1) is 0 Å². The van der Waals surface area contributed by atoms with Gasteiger partial charge in [0.15, 0.2) is 5.69 Å². The molecule has 1 aromatic heterocycles. The highest BCUT2D eigenvalue weighted by atomic mass is 16.2. The summed E-state index contributed by atoms with van der Waals surface area (Å²) in [6.07, 6.45) is 1.54. The van der Waals surface area contributed by atoms with Crippen LogP contribution in [0.2, 0.25) is 0 Å². The number of rotatable bonds is 4. The van der Waals surface area contributed by atoms with Crippen LogP contribution in [0.5, 0.6) is 0 Å². The van der Waals surface area contributed by atoms with Crippen molar-refractivity contribution in [3.63, 3.8) is 0 Å². The molecule has 0 aliphatic rings. The second kappa shape index (κ2) is 7.23. The van der Waals surface area contributed by atoms with Crippen molar-refractivity contribution in [2.75, 3.05) is 10.6 Å². The van der Waals surface area contributed by atoms with Crippen LogP contribution < -0.4 is 10.6 Å². The lowest BCUT2D eigenvalue weighted by atomic mass is 10.2. The fourth-order valence-electron chi connectivity index (χ4n) is 2.48. The first-order valence-electron chi connectivity index (χ1n) is 8.22. The van der Waals surface area contributed by atoms with Gasteiger partial charge >= 0.3 is 0 Å². The number of nitrogens with zero attached hydrogens (tertiary/aromatic N) is 2. The monoisotopic (exact) mass is 348 g/mol. The van der Waals surface area contributed by atoms with Gasteiger partial charge in [-0.1, -0.05) is 35.4 Å². The lowest BCUT2D eigenvalue weighted by molar-refractivity contribution is 0.0988. The van der Waals surface area contributed by atoms with Gasteiger partial charge in [0.2, 0.25) is 0 Å². The molecule has 132 valence electrons. The quantitative estimate of drug-likeness (QED) is 0.757. The Hall–Kier alpha value is -3.41. The summed E-state index contributed by atoms with van der Waals surface area (Å²) in [7, 11) is 1.67. The standard InChI is InChI=1S/C20H20N4O2/c1-13-4-8-15(9-5-13)21-19(25)17-12-24(3)23-18(17)20(26)22-16-10-6-14(2)7-11-16/h4-12H,1-3H3,(H,21,25)(H,22,26). The molecule has 2 N–H and O–H groups in total. The average Bonchev–Trinajstić information content (AvgIpc) is 3.01. The van der Waals surface area contributed by atoms with E-state index in [4.69, 9.17) is 0 Å². The molecule has 2 amide bonds. The van der Waals surface area contributed by atoms with Crippen LogP contribution in [-0.2, 0) is 7.05 Å². The van der Waals surface area contributed by atoms with Gasteiger partial charge in [0, 0.05) is 24.6 Å². The Morgan fingerprint density at radius 3 is 1.77 bits per heavy atom. The maximum atomic E-state index is 12.6. The Bertz CT molecular complexity index is 864. The van der Waals surface area contributed by atoms with Gasteiger partial charge in [0.25, 0.3) is 11.8 Å². The lowest BCUT2D eigenvalue weighted by Gasteiger charge is -2.07. The fraction of sp³-hybridized carbons (Fsp3) is 0.150. The number of carbonyl (C=O) groups excluding carboxylic acids is 2. The Kier molecular flexibility index (Phi) is 4.84. The summed E-state index contributed by atoms with van der Waals surface area (Å²) >= 11 is 0. The van der Waals surface area contributed by atoms with Crippen molar-refractivity contribution in [3.05, 3.63) is 77.1 Å². The van der Waals surface area contributed by atoms with Crippen LogP contribution in [0, 0.1) is 13.8 Å². The number of aromatic nitrogens is 2. The van der Waals surface area contributed by atoms with Crippen LogP contribution >= 0.6 is 0 Å². The zero-order chi connectivity index (χ0) is 18.7. The molecule has 0 spiro atoms. The summed E-state index contributed by atoms with van der Waals surface area (Å²) in [5, 5.41) is 9.71. The predicted octanol–water partition coefficient (Wildman–Crippen LogP) is 3.54. The molecule has 6 nitrogen and oxygen atoms in total. The predicted molar refractivity (Wildman–Crippen MR) is 101 cm³/mol. The third kappa shape index (κ3) is 3.97. The Labute approximate surface area is 151 Å². The molecule has 0 saturated heterocycles. The van der Waals surface area contributed by atoms with Gasteiger partial charge in [-0.05, 0) is 38.1 Å². The van der Waals surface area contributed by atoms with Crippen LogP contribution in [0.25, 0.3) is 0 Å². The van der Waals surface area contributed by atoms with Gasteiger partial charge in [-0.25, -0.2) is 0 Å². The molecule has 0 saturated carbocycles. The molecular weight excluding hydrogens is 328 g/mol. The smallest absolute Gasteiger partial charge is 0.276 e. The van der Waals surface area contributed by atoms with Crippen molar-refractivity contribution in [2.24, 2.45) is 7.05 Å². The lowest BCUT2D eigenvalue weighted by Crippen LogP contribution is -2.19. The molecule has 26 heavy (non-hydrogen) atoms. The van der Waals surface area contributed by atoms with Crippen molar-refractivity contribution in [1.82, 2.24) is 9.78 Å². The molecular formula is C20H20N4O2. The summed E-state index contributed by atoms with van der Waals surface area (Å²) in [6, 6.07) is 14.9. The van der Waals surface area contributed by atoms with Crippen molar-refractivity contribution in [2.45, 2.75) is 13.8 Å². The number of anilines is 2. The molecule has 2 aromatic carbocycles. The highest BCUT2D eigenvalue weighted by Crippen LogP contribution is 2.15. The first kappa shape index (κ1) is 17.4. The molecule has 0 fully saturated rings. The van der Waals surface area contributed by atoms with Crippen LogP contribution in [0.3, 0.4) is 0 Å². The third-order valence-corrected chi connectivity index (χ3v) is 3.91. The fourth-order valence-corrected chi connectivity index (χ4v) is 2.48. The number of hydrogen-bond donors (Lipinski definition) is 2. The molecule has 0 aliphatic carbocycles. The Morgan fingerprint density at radius 1 is 0.808 bits per heavy atom. The van der Waals surface area contributed by atoms with E-state index in [1.165, 1.54) is 10.9 Å². The van der Waals surface area contributed by atoms with E-state index in [-0.39, 0.29) is 17.2 Å². The van der Waals surface area contributed by atoms with Crippen molar-refractivity contribution in [1.29, 1.82) is 0 Å². The molecule has 0 unspecified atom stereocenters. The van der Waals surface area contributed by atoms with Crippen molar-refractivity contribution in [3.8, 4) is 0 Å². The minimum Gasteiger partial charge on any atom is -0.322 e. The third-order valence-electron chi connectivity index (χ3n) is 3.91. The highest BCUT2D eigenvalue weighted by Gasteiger charge is 2.21. The van der Waals surface area contributed by atoms with Crippen molar-refractivity contribution >= 4 is 23.2 Å². The molecule has 0 atom stereocenters. The van der Waals surface area contributed by atoms with Crippen LogP contribution in [0.4, 0.5) is 11.4 Å². The number of hydrogen-bond acceptors (Lipinski definition) is 3. The molecule has 1 heterocycles.